The van der Waals surface area contributed by atoms with E-state index in [0.717, 1.165) is 27.0 Å². The summed E-state index contributed by atoms with van der Waals surface area (Å²) in [5.41, 5.74) is 3.04. The Kier molecular flexibility index (Phi) is 3.35. The van der Waals surface area contributed by atoms with E-state index < -0.39 is 5.97 Å². The van der Waals surface area contributed by atoms with Crippen LogP contribution in [0.1, 0.15) is 5.69 Å². The molecule has 0 bridgehead atoms. The SMILES string of the molecule is Cc1c(-c2nsc3ccccc23)c2cc(F)ccc2n1CC(=O)O. The number of aromatic nitrogens is 2. The van der Waals surface area contributed by atoms with Crippen molar-refractivity contribution >= 4 is 38.5 Å². The van der Waals surface area contributed by atoms with Crippen LogP contribution in [0, 0.1) is 12.7 Å². The fraction of sp³-hybridized carbons (Fsp3) is 0.111. The minimum Gasteiger partial charge on any atom is -0.480 e. The lowest BCUT2D eigenvalue weighted by molar-refractivity contribution is -0.137. The van der Waals surface area contributed by atoms with Crippen molar-refractivity contribution in [2.75, 3.05) is 0 Å². The number of hydrogen-bond donors (Lipinski definition) is 1. The number of aliphatic carboxylic acids is 1. The molecule has 6 heteroatoms. The summed E-state index contributed by atoms with van der Waals surface area (Å²) >= 11 is 1.38. The molecule has 4 aromatic rings. The van der Waals surface area contributed by atoms with Gasteiger partial charge in [-0.2, -0.15) is 4.37 Å². The zero-order valence-corrected chi connectivity index (χ0v) is 13.6. The highest BCUT2D eigenvalue weighted by Gasteiger charge is 2.21. The lowest BCUT2D eigenvalue weighted by Crippen LogP contribution is -2.09. The Bertz CT molecular complexity index is 1100. The van der Waals surface area contributed by atoms with Crippen molar-refractivity contribution in [1.82, 2.24) is 8.94 Å². The Labute approximate surface area is 140 Å². The molecule has 2 aromatic carbocycles. The van der Waals surface area contributed by atoms with Crippen molar-refractivity contribution in [2.45, 2.75) is 13.5 Å². The second-order valence-electron chi connectivity index (χ2n) is 5.63. The van der Waals surface area contributed by atoms with Gasteiger partial charge in [0.25, 0.3) is 0 Å². The molecule has 0 spiro atoms. The van der Waals surface area contributed by atoms with Gasteiger partial charge >= 0.3 is 5.97 Å². The van der Waals surface area contributed by atoms with Gasteiger partial charge in [-0.1, -0.05) is 18.2 Å². The standard InChI is InChI=1S/C18H13FN2O2S/c1-10-17(18-12-4-2-3-5-15(12)24-20-18)13-8-11(19)6-7-14(13)21(10)9-16(22)23/h2-8H,9H2,1H3,(H,22,23). The Balaban J connectivity index is 2.09. The third-order valence-corrected chi connectivity index (χ3v) is 5.02. The molecule has 0 aliphatic heterocycles. The maximum absolute atomic E-state index is 13.8. The van der Waals surface area contributed by atoms with E-state index in [1.807, 2.05) is 31.2 Å². The first-order valence-corrected chi connectivity index (χ1v) is 8.18. The van der Waals surface area contributed by atoms with Gasteiger partial charge in [-0.25, -0.2) is 4.39 Å². The fourth-order valence-electron chi connectivity index (χ4n) is 3.16. The maximum Gasteiger partial charge on any atom is 0.323 e. The first-order chi connectivity index (χ1) is 11.6. The van der Waals surface area contributed by atoms with E-state index in [4.69, 9.17) is 0 Å². The summed E-state index contributed by atoms with van der Waals surface area (Å²) in [6.07, 6.45) is 0. The number of halogens is 1. The van der Waals surface area contributed by atoms with Crippen LogP contribution in [-0.4, -0.2) is 20.0 Å². The van der Waals surface area contributed by atoms with Crippen LogP contribution < -0.4 is 0 Å². The quantitative estimate of drug-likeness (QED) is 0.599. The van der Waals surface area contributed by atoms with E-state index in [2.05, 4.69) is 4.37 Å². The smallest absolute Gasteiger partial charge is 0.323 e. The third kappa shape index (κ3) is 2.18. The topological polar surface area (TPSA) is 55.1 Å². The van der Waals surface area contributed by atoms with Crippen molar-refractivity contribution in [1.29, 1.82) is 0 Å². The Hall–Kier alpha value is -2.73. The number of fused-ring (bicyclic) bond motifs is 2. The van der Waals surface area contributed by atoms with Gasteiger partial charge in [0, 0.05) is 27.5 Å². The van der Waals surface area contributed by atoms with Crippen molar-refractivity contribution in [3.8, 4) is 11.3 Å². The van der Waals surface area contributed by atoms with Crippen LogP contribution in [0.15, 0.2) is 42.5 Å². The van der Waals surface area contributed by atoms with Gasteiger partial charge in [0.1, 0.15) is 12.4 Å². The molecule has 0 aliphatic rings. The van der Waals surface area contributed by atoms with E-state index in [1.54, 1.807) is 10.6 Å². The Morgan fingerprint density at radius 2 is 2.04 bits per heavy atom. The van der Waals surface area contributed by atoms with Gasteiger partial charge in [-0.3, -0.25) is 4.79 Å². The molecule has 0 unspecified atom stereocenters. The van der Waals surface area contributed by atoms with E-state index >= 15 is 0 Å². The highest BCUT2D eigenvalue weighted by Crippen LogP contribution is 2.39. The maximum atomic E-state index is 13.8. The van der Waals surface area contributed by atoms with Gasteiger partial charge < -0.3 is 9.67 Å². The van der Waals surface area contributed by atoms with Gasteiger partial charge in [-0.15, -0.1) is 0 Å². The highest BCUT2D eigenvalue weighted by molar-refractivity contribution is 7.13. The molecule has 0 atom stereocenters. The summed E-state index contributed by atoms with van der Waals surface area (Å²) in [7, 11) is 0. The molecule has 2 heterocycles. The molecule has 0 saturated heterocycles. The molecule has 120 valence electrons. The molecule has 0 aliphatic carbocycles. The first-order valence-electron chi connectivity index (χ1n) is 7.41. The van der Waals surface area contributed by atoms with Crippen LogP contribution in [0.4, 0.5) is 4.39 Å². The summed E-state index contributed by atoms with van der Waals surface area (Å²) < 4.78 is 21.1. The first kappa shape index (κ1) is 14.8. The third-order valence-electron chi connectivity index (χ3n) is 4.19. The summed E-state index contributed by atoms with van der Waals surface area (Å²) in [5.74, 6) is -1.29. The van der Waals surface area contributed by atoms with E-state index in [-0.39, 0.29) is 12.4 Å². The van der Waals surface area contributed by atoms with E-state index in [0.29, 0.717) is 10.9 Å². The molecule has 0 amide bonds. The molecular formula is C18H13FN2O2S. The summed E-state index contributed by atoms with van der Waals surface area (Å²) in [4.78, 5) is 11.2. The van der Waals surface area contributed by atoms with Crippen LogP contribution in [0.25, 0.3) is 32.2 Å². The van der Waals surface area contributed by atoms with Crippen LogP contribution >= 0.6 is 11.5 Å². The molecule has 4 rings (SSSR count). The van der Waals surface area contributed by atoms with Crippen molar-refractivity contribution in [2.24, 2.45) is 0 Å². The van der Waals surface area contributed by atoms with E-state index in [9.17, 15) is 14.3 Å². The highest BCUT2D eigenvalue weighted by atomic mass is 32.1. The largest absolute Gasteiger partial charge is 0.480 e. The average molecular weight is 340 g/mol. The van der Waals surface area contributed by atoms with Crippen molar-refractivity contribution < 1.29 is 14.3 Å². The van der Waals surface area contributed by atoms with Crippen LogP contribution in [0.5, 0.6) is 0 Å². The number of nitrogens with zero attached hydrogens (tertiary/aromatic N) is 2. The monoisotopic (exact) mass is 340 g/mol. The average Bonchev–Trinajstić information content (AvgIpc) is 3.07. The number of hydrogen-bond acceptors (Lipinski definition) is 3. The van der Waals surface area contributed by atoms with Crippen LogP contribution in [-0.2, 0) is 11.3 Å². The van der Waals surface area contributed by atoms with Crippen molar-refractivity contribution in [3.63, 3.8) is 0 Å². The van der Waals surface area contributed by atoms with Gasteiger partial charge in [0.2, 0.25) is 0 Å². The van der Waals surface area contributed by atoms with Gasteiger partial charge in [0.15, 0.2) is 0 Å². The molecule has 0 fully saturated rings. The lowest BCUT2D eigenvalue weighted by Gasteiger charge is -2.04. The predicted octanol–water partition coefficient (Wildman–Crippen LogP) is 4.45. The van der Waals surface area contributed by atoms with Crippen molar-refractivity contribution in [3.05, 3.63) is 54.0 Å². The predicted molar refractivity (Wildman–Crippen MR) is 92.9 cm³/mol. The van der Waals surface area contributed by atoms with Gasteiger partial charge in [0.05, 0.1) is 10.4 Å². The Morgan fingerprint density at radius 1 is 1.25 bits per heavy atom. The van der Waals surface area contributed by atoms with Crippen LogP contribution in [0.3, 0.4) is 0 Å². The second-order valence-corrected chi connectivity index (χ2v) is 6.43. The number of carboxylic acid groups (broad SMARTS) is 1. The minimum atomic E-state index is -0.936. The fourth-order valence-corrected chi connectivity index (χ4v) is 3.94. The molecule has 0 saturated carbocycles. The Morgan fingerprint density at radius 3 is 2.83 bits per heavy atom. The number of carboxylic acids is 1. The zero-order valence-electron chi connectivity index (χ0n) is 12.8. The summed E-state index contributed by atoms with van der Waals surface area (Å²) in [6.45, 7) is 1.68. The van der Waals surface area contributed by atoms with Crippen LogP contribution in [0.2, 0.25) is 0 Å². The number of benzene rings is 2. The molecule has 2 aromatic heterocycles. The van der Waals surface area contributed by atoms with Gasteiger partial charge in [-0.05, 0) is 42.7 Å². The molecular weight excluding hydrogens is 327 g/mol. The molecule has 1 N–H and O–H groups in total. The normalized spacial score (nSPS) is 11.4. The lowest BCUT2D eigenvalue weighted by atomic mass is 10.0. The zero-order chi connectivity index (χ0) is 16.8. The molecule has 24 heavy (non-hydrogen) atoms. The second kappa shape index (κ2) is 5.42. The minimum absolute atomic E-state index is 0.171. The molecule has 0 radical (unpaired) electrons. The molecule has 4 nitrogen and oxygen atoms in total. The number of carbonyl (C=O) groups is 1. The number of rotatable bonds is 3. The summed E-state index contributed by atoms with van der Waals surface area (Å²) in [6, 6.07) is 12.3. The van der Waals surface area contributed by atoms with E-state index in [1.165, 1.54) is 23.7 Å². The summed E-state index contributed by atoms with van der Waals surface area (Å²) in [5, 5.41) is 10.9.